The summed E-state index contributed by atoms with van der Waals surface area (Å²) >= 11 is 0. The first kappa shape index (κ1) is 24.8. The maximum Gasteiger partial charge on any atom is 0.270 e. The van der Waals surface area contributed by atoms with Crippen LogP contribution in [0.2, 0.25) is 0 Å². The maximum atomic E-state index is 13.1. The maximum absolute atomic E-state index is 13.1. The van der Waals surface area contributed by atoms with E-state index in [4.69, 9.17) is 0 Å². The zero-order valence-corrected chi connectivity index (χ0v) is 21.6. The lowest BCUT2D eigenvalue weighted by molar-refractivity contribution is -0.385. The molecular weight excluding hydrogens is 494 g/mol. The third-order valence-corrected chi connectivity index (χ3v) is 8.36. The Morgan fingerprint density at radius 2 is 1.68 bits per heavy atom. The molecule has 37 heavy (non-hydrogen) atoms. The topological polar surface area (TPSA) is 127 Å². The number of hydrogen-bond acceptors (Lipinski definition) is 8. The average Bonchev–Trinajstić information content (AvgIpc) is 3.33. The highest BCUT2D eigenvalue weighted by Crippen LogP contribution is 2.27. The van der Waals surface area contributed by atoms with Crippen molar-refractivity contribution >= 4 is 27.4 Å². The van der Waals surface area contributed by atoms with Crippen LogP contribution < -0.4 is 4.90 Å². The van der Waals surface area contributed by atoms with Crippen molar-refractivity contribution < 1.29 is 13.3 Å². The van der Waals surface area contributed by atoms with E-state index in [2.05, 4.69) is 60.1 Å². The molecule has 192 valence electrons. The number of fused-ring (bicyclic) bond motifs is 1. The molecule has 3 heterocycles. The molecule has 1 saturated heterocycles. The van der Waals surface area contributed by atoms with Crippen LogP contribution in [0.5, 0.6) is 0 Å². The van der Waals surface area contributed by atoms with Crippen molar-refractivity contribution in [2.24, 2.45) is 0 Å². The van der Waals surface area contributed by atoms with Gasteiger partial charge in [-0.15, -0.1) is 5.10 Å². The van der Waals surface area contributed by atoms with E-state index in [0.717, 1.165) is 17.3 Å². The van der Waals surface area contributed by atoms with Gasteiger partial charge in [-0.3, -0.25) is 10.1 Å². The Bertz CT molecular complexity index is 1570. The second-order valence-electron chi connectivity index (χ2n) is 9.93. The molecule has 0 spiro atoms. The SMILES string of the molecule is CC(C)(C)c1ccc(-c2ccnc3nc(N4CCN(S(=O)(=O)c5cccc([N+](=O)[O-])c5)CC4)nn23)cc1. The number of sulfonamides is 1. The van der Waals surface area contributed by atoms with Gasteiger partial charge in [0.15, 0.2) is 0 Å². The Morgan fingerprint density at radius 3 is 2.32 bits per heavy atom. The number of rotatable bonds is 5. The summed E-state index contributed by atoms with van der Waals surface area (Å²) in [5.74, 6) is 0.928. The minimum atomic E-state index is -3.86. The second kappa shape index (κ2) is 9.20. The van der Waals surface area contributed by atoms with Crippen LogP contribution in [-0.4, -0.2) is 63.4 Å². The number of nitrogens with zero attached hydrogens (tertiary/aromatic N) is 7. The highest BCUT2D eigenvalue weighted by atomic mass is 32.2. The third kappa shape index (κ3) is 4.77. The van der Waals surface area contributed by atoms with Crippen LogP contribution in [-0.2, 0) is 15.4 Å². The Labute approximate surface area is 214 Å². The number of aromatic nitrogens is 4. The first-order valence-electron chi connectivity index (χ1n) is 11.9. The summed E-state index contributed by atoms with van der Waals surface area (Å²) in [5.41, 5.74) is 2.88. The zero-order chi connectivity index (χ0) is 26.4. The van der Waals surface area contributed by atoms with Crippen LogP contribution in [0, 0.1) is 10.1 Å². The molecule has 2 aromatic heterocycles. The Morgan fingerprint density at radius 1 is 0.973 bits per heavy atom. The van der Waals surface area contributed by atoms with Gasteiger partial charge < -0.3 is 4.90 Å². The first-order valence-corrected chi connectivity index (χ1v) is 13.3. The van der Waals surface area contributed by atoms with Crippen molar-refractivity contribution in [2.75, 3.05) is 31.1 Å². The summed E-state index contributed by atoms with van der Waals surface area (Å²) in [6.45, 7) is 7.67. The molecule has 11 nitrogen and oxygen atoms in total. The predicted molar refractivity (Wildman–Crippen MR) is 139 cm³/mol. The molecular formula is C25H27N7O4S. The highest BCUT2D eigenvalue weighted by Gasteiger charge is 2.31. The van der Waals surface area contributed by atoms with E-state index in [1.165, 1.54) is 28.1 Å². The van der Waals surface area contributed by atoms with Crippen molar-refractivity contribution in [1.29, 1.82) is 0 Å². The van der Waals surface area contributed by atoms with E-state index < -0.39 is 14.9 Å². The van der Waals surface area contributed by atoms with Gasteiger partial charge in [-0.2, -0.15) is 13.8 Å². The predicted octanol–water partition coefficient (Wildman–Crippen LogP) is 3.51. The second-order valence-corrected chi connectivity index (χ2v) is 11.9. The Hall–Kier alpha value is -3.90. The summed E-state index contributed by atoms with van der Waals surface area (Å²) in [5, 5.41) is 15.8. The average molecular weight is 522 g/mol. The van der Waals surface area contributed by atoms with Gasteiger partial charge in [0.05, 0.1) is 15.5 Å². The minimum absolute atomic E-state index is 0.0530. The molecule has 0 unspecified atom stereocenters. The molecule has 2 aromatic carbocycles. The smallest absolute Gasteiger partial charge is 0.270 e. The van der Waals surface area contributed by atoms with Gasteiger partial charge >= 0.3 is 0 Å². The van der Waals surface area contributed by atoms with Crippen LogP contribution in [0.15, 0.2) is 65.7 Å². The fourth-order valence-electron chi connectivity index (χ4n) is 4.31. The van der Waals surface area contributed by atoms with E-state index >= 15 is 0 Å². The molecule has 0 amide bonds. The molecule has 0 saturated carbocycles. The van der Waals surface area contributed by atoms with Gasteiger partial charge in [-0.05, 0) is 23.1 Å². The van der Waals surface area contributed by atoms with E-state index in [1.54, 1.807) is 10.7 Å². The van der Waals surface area contributed by atoms with Crippen LogP contribution in [0.4, 0.5) is 11.6 Å². The lowest BCUT2D eigenvalue weighted by Crippen LogP contribution is -2.49. The van der Waals surface area contributed by atoms with Gasteiger partial charge in [0.2, 0.25) is 16.0 Å². The third-order valence-electron chi connectivity index (χ3n) is 6.46. The fourth-order valence-corrected chi connectivity index (χ4v) is 5.77. The molecule has 5 rings (SSSR count). The molecule has 1 aliphatic heterocycles. The molecule has 0 radical (unpaired) electrons. The number of anilines is 1. The lowest BCUT2D eigenvalue weighted by Gasteiger charge is -2.33. The Balaban J connectivity index is 1.35. The standard InChI is InChI=1S/C25H27N7O4S/c1-25(2,3)19-9-7-18(8-10-19)22-11-12-26-23-27-24(28-31(22)23)29-13-15-30(16-14-29)37(35,36)21-6-4-5-20(17-21)32(33)34/h4-12,17H,13-16H2,1-3H3. The largest absolute Gasteiger partial charge is 0.337 e. The van der Waals surface area contributed by atoms with Crippen molar-refractivity contribution in [3.05, 3.63) is 76.5 Å². The number of hydrogen-bond donors (Lipinski definition) is 0. The van der Waals surface area contributed by atoms with Crippen molar-refractivity contribution in [1.82, 2.24) is 23.9 Å². The van der Waals surface area contributed by atoms with Crippen molar-refractivity contribution in [2.45, 2.75) is 31.1 Å². The molecule has 0 N–H and O–H groups in total. The van der Waals surface area contributed by atoms with Gasteiger partial charge in [-0.25, -0.2) is 13.4 Å². The highest BCUT2D eigenvalue weighted by molar-refractivity contribution is 7.89. The van der Waals surface area contributed by atoms with Gasteiger partial charge in [0.25, 0.3) is 11.5 Å². The summed E-state index contributed by atoms with van der Waals surface area (Å²) in [7, 11) is -3.86. The number of nitro benzene ring substituents is 1. The summed E-state index contributed by atoms with van der Waals surface area (Å²) < 4.78 is 29.2. The number of benzene rings is 2. The van der Waals surface area contributed by atoms with Gasteiger partial charge in [-0.1, -0.05) is 51.1 Å². The quantitative estimate of drug-likeness (QED) is 0.288. The van der Waals surface area contributed by atoms with Gasteiger partial charge in [0, 0.05) is 50.1 Å². The van der Waals surface area contributed by atoms with Crippen molar-refractivity contribution in [3.63, 3.8) is 0 Å². The number of nitro groups is 1. The molecule has 4 aromatic rings. The number of non-ortho nitro benzene ring substituents is 1. The zero-order valence-electron chi connectivity index (χ0n) is 20.8. The lowest BCUT2D eigenvalue weighted by atomic mass is 9.86. The monoisotopic (exact) mass is 521 g/mol. The summed E-state index contributed by atoms with van der Waals surface area (Å²) in [4.78, 5) is 21.2. The Kier molecular flexibility index (Phi) is 6.16. The first-order chi connectivity index (χ1) is 17.5. The van der Waals surface area contributed by atoms with E-state index in [1.807, 2.05) is 11.0 Å². The normalized spacial score (nSPS) is 15.3. The summed E-state index contributed by atoms with van der Waals surface area (Å²) in [6.07, 6.45) is 1.70. The molecule has 0 aliphatic carbocycles. The molecule has 1 aliphatic rings. The van der Waals surface area contributed by atoms with Crippen LogP contribution in [0.25, 0.3) is 17.0 Å². The number of piperazine rings is 1. The molecule has 1 fully saturated rings. The molecule has 0 atom stereocenters. The van der Waals surface area contributed by atoms with Crippen LogP contribution >= 0.6 is 0 Å². The summed E-state index contributed by atoms with van der Waals surface area (Å²) in [6, 6.07) is 15.4. The fraction of sp³-hybridized carbons (Fsp3) is 0.320. The van der Waals surface area contributed by atoms with Gasteiger partial charge in [0.1, 0.15) is 0 Å². The molecule has 12 heteroatoms. The van der Waals surface area contributed by atoms with E-state index in [0.29, 0.717) is 24.8 Å². The van der Waals surface area contributed by atoms with E-state index in [9.17, 15) is 18.5 Å². The van der Waals surface area contributed by atoms with E-state index in [-0.39, 0.29) is 29.1 Å². The van der Waals surface area contributed by atoms with Crippen LogP contribution in [0.1, 0.15) is 26.3 Å². The molecule has 0 bridgehead atoms. The minimum Gasteiger partial charge on any atom is -0.337 e. The van der Waals surface area contributed by atoms with Crippen molar-refractivity contribution in [3.8, 4) is 11.3 Å². The van der Waals surface area contributed by atoms with Crippen LogP contribution in [0.3, 0.4) is 0 Å².